The van der Waals surface area contributed by atoms with Crippen LogP contribution < -0.4 is 20.7 Å². The summed E-state index contributed by atoms with van der Waals surface area (Å²) in [5, 5.41) is 8.74. The van der Waals surface area contributed by atoms with Gasteiger partial charge in [0.1, 0.15) is 12.4 Å². The topological polar surface area (TPSA) is 95.1 Å². The summed E-state index contributed by atoms with van der Waals surface area (Å²) in [4.78, 5) is 28.4. The number of nitrogens with one attached hydrogen (secondary N) is 3. The number of benzene rings is 1. The Balaban J connectivity index is 1.72. The van der Waals surface area contributed by atoms with E-state index in [9.17, 15) is 9.59 Å². The Kier molecular flexibility index (Phi) is 6.88. The Bertz CT molecular complexity index is 560. The highest BCUT2D eigenvalue weighted by atomic mass is 16.5. The van der Waals surface area contributed by atoms with Crippen molar-refractivity contribution < 1.29 is 14.3 Å². The van der Waals surface area contributed by atoms with Gasteiger partial charge in [-0.3, -0.25) is 14.7 Å². The summed E-state index contributed by atoms with van der Waals surface area (Å²) in [7, 11) is 0. The normalized spacial score (nSPS) is 14.5. The van der Waals surface area contributed by atoms with Gasteiger partial charge in [0.25, 0.3) is 0 Å². The average molecular weight is 333 g/mol. The molecule has 130 valence electrons. The van der Waals surface area contributed by atoms with Crippen LogP contribution >= 0.6 is 0 Å². The first-order chi connectivity index (χ1) is 11.7. The van der Waals surface area contributed by atoms with Gasteiger partial charge in [-0.15, -0.1) is 0 Å². The number of nitrogens with zero attached hydrogens (tertiary/aromatic N) is 2. The molecule has 0 bridgehead atoms. The van der Waals surface area contributed by atoms with Crippen LogP contribution in [0.15, 0.2) is 35.3 Å². The van der Waals surface area contributed by atoms with E-state index >= 15 is 0 Å². The Morgan fingerprint density at radius 3 is 2.75 bits per heavy atom. The molecule has 8 heteroatoms. The van der Waals surface area contributed by atoms with Crippen molar-refractivity contribution >= 4 is 17.9 Å². The molecule has 3 N–H and O–H groups in total. The van der Waals surface area contributed by atoms with Crippen LogP contribution in [0.4, 0.5) is 4.79 Å². The van der Waals surface area contributed by atoms with Crippen molar-refractivity contribution in [2.75, 3.05) is 39.3 Å². The minimum Gasteiger partial charge on any atom is -0.492 e. The number of imide groups is 1. The molecule has 1 aliphatic heterocycles. The Hall–Kier alpha value is -2.77. The number of aliphatic imine (C=N–C) groups is 1. The molecule has 1 aromatic carbocycles. The van der Waals surface area contributed by atoms with Crippen molar-refractivity contribution in [1.82, 2.24) is 20.9 Å². The summed E-state index contributed by atoms with van der Waals surface area (Å²) in [6, 6.07) is 9.22. The number of carbonyl (C=O) groups is 2. The highest BCUT2D eigenvalue weighted by Gasteiger charge is 2.27. The fourth-order valence-electron chi connectivity index (χ4n) is 2.14. The highest BCUT2D eigenvalue weighted by molar-refractivity contribution is 6.01. The summed E-state index contributed by atoms with van der Waals surface area (Å²) in [5.41, 5.74) is 0. The Morgan fingerprint density at radius 1 is 1.29 bits per heavy atom. The van der Waals surface area contributed by atoms with Crippen LogP contribution in [0.5, 0.6) is 5.75 Å². The Morgan fingerprint density at radius 2 is 2.08 bits per heavy atom. The van der Waals surface area contributed by atoms with E-state index in [0.29, 0.717) is 32.2 Å². The second-order valence-corrected chi connectivity index (χ2v) is 5.05. The van der Waals surface area contributed by atoms with Crippen LogP contribution in [0.3, 0.4) is 0 Å². The van der Waals surface area contributed by atoms with E-state index in [4.69, 9.17) is 4.74 Å². The monoisotopic (exact) mass is 333 g/mol. The first-order valence-electron chi connectivity index (χ1n) is 7.99. The van der Waals surface area contributed by atoms with Crippen LogP contribution in [0.1, 0.15) is 6.92 Å². The smallest absolute Gasteiger partial charge is 0.324 e. The SMILES string of the molecule is CCNC(=NCCN1C(=O)CNC1=O)NCCOc1ccccc1. The van der Waals surface area contributed by atoms with E-state index in [0.717, 1.165) is 5.75 Å². The molecule has 0 spiro atoms. The number of ether oxygens (including phenoxy) is 1. The van der Waals surface area contributed by atoms with Gasteiger partial charge in [0.2, 0.25) is 5.91 Å². The molecule has 0 aliphatic carbocycles. The second-order valence-electron chi connectivity index (χ2n) is 5.05. The van der Waals surface area contributed by atoms with Crippen molar-refractivity contribution in [3.63, 3.8) is 0 Å². The summed E-state index contributed by atoms with van der Waals surface area (Å²) in [6.45, 7) is 4.45. The maximum atomic E-state index is 11.5. The van der Waals surface area contributed by atoms with Crippen molar-refractivity contribution in [2.24, 2.45) is 4.99 Å². The number of urea groups is 1. The first kappa shape index (κ1) is 17.6. The fraction of sp³-hybridized carbons (Fsp3) is 0.438. The number of carbonyl (C=O) groups excluding carboxylic acids is 2. The van der Waals surface area contributed by atoms with Crippen molar-refractivity contribution in [3.05, 3.63) is 30.3 Å². The number of hydrogen-bond acceptors (Lipinski definition) is 4. The molecule has 24 heavy (non-hydrogen) atoms. The lowest BCUT2D eigenvalue weighted by Crippen LogP contribution is -2.40. The third-order valence-electron chi connectivity index (χ3n) is 3.28. The van der Waals surface area contributed by atoms with Crippen LogP contribution in [-0.4, -0.2) is 62.1 Å². The van der Waals surface area contributed by atoms with Crippen molar-refractivity contribution in [1.29, 1.82) is 0 Å². The number of amides is 3. The average Bonchev–Trinajstić information content (AvgIpc) is 2.91. The van der Waals surface area contributed by atoms with Gasteiger partial charge in [-0.05, 0) is 19.1 Å². The van der Waals surface area contributed by atoms with Gasteiger partial charge in [-0.2, -0.15) is 0 Å². The van der Waals surface area contributed by atoms with E-state index in [1.54, 1.807) is 0 Å². The van der Waals surface area contributed by atoms with Gasteiger partial charge >= 0.3 is 6.03 Å². The molecule has 0 atom stereocenters. The van der Waals surface area contributed by atoms with Crippen molar-refractivity contribution in [2.45, 2.75) is 6.92 Å². The zero-order valence-electron chi connectivity index (χ0n) is 13.7. The molecular weight excluding hydrogens is 310 g/mol. The number of para-hydroxylation sites is 1. The lowest BCUT2D eigenvalue weighted by molar-refractivity contribution is -0.124. The number of rotatable bonds is 8. The van der Waals surface area contributed by atoms with Crippen LogP contribution in [0.25, 0.3) is 0 Å². The molecule has 0 saturated carbocycles. The van der Waals surface area contributed by atoms with Gasteiger partial charge in [0.05, 0.1) is 26.2 Å². The predicted molar refractivity (Wildman–Crippen MR) is 91.0 cm³/mol. The molecule has 1 aliphatic rings. The summed E-state index contributed by atoms with van der Waals surface area (Å²) in [6.07, 6.45) is 0. The lowest BCUT2D eigenvalue weighted by atomic mass is 10.3. The van der Waals surface area contributed by atoms with E-state index in [1.165, 1.54) is 4.90 Å². The van der Waals surface area contributed by atoms with Gasteiger partial charge in [0.15, 0.2) is 5.96 Å². The van der Waals surface area contributed by atoms with Crippen molar-refractivity contribution in [3.8, 4) is 5.75 Å². The zero-order valence-corrected chi connectivity index (χ0v) is 13.7. The molecule has 8 nitrogen and oxygen atoms in total. The number of hydrogen-bond donors (Lipinski definition) is 3. The molecule has 1 fully saturated rings. The van der Waals surface area contributed by atoms with E-state index in [-0.39, 0.29) is 25.0 Å². The fourth-order valence-corrected chi connectivity index (χ4v) is 2.14. The number of guanidine groups is 1. The van der Waals surface area contributed by atoms with E-state index in [2.05, 4.69) is 20.9 Å². The highest BCUT2D eigenvalue weighted by Crippen LogP contribution is 2.07. The Labute approximate surface area is 141 Å². The van der Waals surface area contributed by atoms with E-state index < -0.39 is 0 Å². The van der Waals surface area contributed by atoms with Gasteiger partial charge in [-0.1, -0.05) is 18.2 Å². The minimum atomic E-state index is -0.357. The van der Waals surface area contributed by atoms with Crippen LogP contribution in [0, 0.1) is 0 Å². The first-order valence-corrected chi connectivity index (χ1v) is 7.99. The standard InChI is InChI=1S/C16H23N5O3/c1-2-17-15(18-8-10-21-14(22)12-20-16(21)23)19-9-11-24-13-6-4-3-5-7-13/h3-7H,2,8-12H2,1H3,(H,20,23)(H2,17,18,19). The summed E-state index contributed by atoms with van der Waals surface area (Å²) < 4.78 is 5.60. The minimum absolute atomic E-state index is 0.0672. The predicted octanol–water partition coefficient (Wildman–Crippen LogP) is 0.172. The van der Waals surface area contributed by atoms with Gasteiger partial charge < -0.3 is 20.7 Å². The molecule has 0 aromatic heterocycles. The quantitative estimate of drug-likeness (QED) is 0.273. The third-order valence-corrected chi connectivity index (χ3v) is 3.28. The summed E-state index contributed by atoms with van der Waals surface area (Å²) in [5.74, 6) is 1.23. The largest absolute Gasteiger partial charge is 0.492 e. The second kappa shape index (κ2) is 9.39. The summed E-state index contributed by atoms with van der Waals surface area (Å²) >= 11 is 0. The molecule has 0 radical (unpaired) electrons. The van der Waals surface area contributed by atoms with Gasteiger partial charge in [0, 0.05) is 6.54 Å². The molecule has 1 saturated heterocycles. The zero-order chi connectivity index (χ0) is 17.2. The molecule has 1 aromatic rings. The van der Waals surface area contributed by atoms with Gasteiger partial charge in [-0.25, -0.2) is 4.79 Å². The molecular formula is C16H23N5O3. The van der Waals surface area contributed by atoms with Crippen LogP contribution in [0.2, 0.25) is 0 Å². The molecule has 3 amide bonds. The molecule has 0 unspecified atom stereocenters. The lowest BCUT2D eigenvalue weighted by Gasteiger charge is -2.13. The maximum absolute atomic E-state index is 11.5. The maximum Gasteiger partial charge on any atom is 0.324 e. The molecule has 2 rings (SSSR count). The third kappa shape index (κ3) is 5.45. The van der Waals surface area contributed by atoms with E-state index in [1.807, 2.05) is 37.3 Å². The molecule has 1 heterocycles. The van der Waals surface area contributed by atoms with Crippen LogP contribution in [-0.2, 0) is 4.79 Å².